The quantitative estimate of drug-likeness (QED) is 0.703. The average molecular weight is 286 g/mol. The van der Waals surface area contributed by atoms with Crippen molar-refractivity contribution < 1.29 is 28.3 Å². The first-order valence-electron chi connectivity index (χ1n) is 5.58. The molecule has 0 aromatic heterocycles. The van der Waals surface area contributed by atoms with E-state index in [0.717, 1.165) is 12.1 Å². The molecule has 20 heavy (non-hydrogen) atoms. The van der Waals surface area contributed by atoms with Crippen molar-refractivity contribution in [1.29, 1.82) is 0 Å². The van der Waals surface area contributed by atoms with Gasteiger partial charge in [0.1, 0.15) is 6.04 Å². The topological polar surface area (TPSA) is 109 Å². The molecule has 108 valence electrons. The number of benzene rings is 1. The van der Waals surface area contributed by atoms with Crippen LogP contribution in [0.15, 0.2) is 18.2 Å². The van der Waals surface area contributed by atoms with Crippen LogP contribution in [0.1, 0.15) is 23.2 Å². The molecule has 6 nitrogen and oxygen atoms in total. The van der Waals surface area contributed by atoms with Crippen LogP contribution in [0.2, 0.25) is 0 Å². The van der Waals surface area contributed by atoms with Gasteiger partial charge in [-0.15, -0.1) is 0 Å². The van der Waals surface area contributed by atoms with Gasteiger partial charge < -0.3 is 16.2 Å². The molecule has 0 aliphatic heterocycles. The summed E-state index contributed by atoms with van der Waals surface area (Å²) in [5.74, 6) is -5.24. The molecule has 0 saturated heterocycles. The van der Waals surface area contributed by atoms with E-state index in [1.807, 2.05) is 0 Å². The number of nitrogens with one attached hydrogen (secondary N) is 1. The molecule has 8 heteroatoms. The largest absolute Gasteiger partial charge is 0.481 e. The fraction of sp³-hybridized carbons (Fsp3) is 0.250. The number of halogens is 2. The molecule has 0 aliphatic carbocycles. The molecule has 1 aromatic carbocycles. The van der Waals surface area contributed by atoms with E-state index in [4.69, 9.17) is 10.8 Å². The van der Waals surface area contributed by atoms with E-state index in [1.165, 1.54) is 0 Å². The second-order valence-electron chi connectivity index (χ2n) is 3.99. The molecule has 0 bridgehead atoms. The van der Waals surface area contributed by atoms with Gasteiger partial charge in [0.05, 0.1) is 0 Å². The predicted octanol–water partition coefficient (Wildman–Crippen LogP) is 0.413. The lowest BCUT2D eigenvalue weighted by Gasteiger charge is -2.14. The molecule has 0 unspecified atom stereocenters. The minimum atomic E-state index is -1.21. The number of carboxylic acids is 1. The Morgan fingerprint density at radius 2 is 1.90 bits per heavy atom. The van der Waals surface area contributed by atoms with E-state index in [-0.39, 0.29) is 18.4 Å². The van der Waals surface area contributed by atoms with Gasteiger partial charge in [-0.3, -0.25) is 14.4 Å². The molecule has 1 rings (SSSR count). The van der Waals surface area contributed by atoms with Gasteiger partial charge >= 0.3 is 5.97 Å². The summed E-state index contributed by atoms with van der Waals surface area (Å²) < 4.78 is 25.7. The van der Waals surface area contributed by atoms with Crippen molar-refractivity contribution >= 4 is 17.8 Å². The molecule has 0 aliphatic rings. The van der Waals surface area contributed by atoms with Gasteiger partial charge in [-0.1, -0.05) is 0 Å². The van der Waals surface area contributed by atoms with Crippen molar-refractivity contribution in [2.45, 2.75) is 18.9 Å². The van der Waals surface area contributed by atoms with Gasteiger partial charge in [0.25, 0.3) is 5.91 Å². The second-order valence-corrected chi connectivity index (χ2v) is 3.99. The minimum Gasteiger partial charge on any atom is -0.481 e. The number of amides is 2. The summed E-state index contributed by atoms with van der Waals surface area (Å²) in [5, 5.41) is 10.7. The van der Waals surface area contributed by atoms with E-state index in [2.05, 4.69) is 5.32 Å². The maximum Gasteiger partial charge on any atom is 0.303 e. The highest BCUT2D eigenvalue weighted by Crippen LogP contribution is 2.09. The highest BCUT2D eigenvalue weighted by atomic mass is 19.2. The molecule has 2 amide bonds. The van der Waals surface area contributed by atoms with Gasteiger partial charge in [0, 0.05) is 12.0 Å². The Hall–Kier alpha value is -2.51. The Balaban J connectivity index is 2.77. The van der Waals surface area contributed by atoms with Crippen LogP contribution in [0.5, 0.6) is 0 Å². The lowest BCUT2D eigenvalue weighted by Crippen LogP contribution is -2.44. The number of hydrogen-bond donors (Lipinski definition) is 3. The molecule has 0 radical (unpaired) electrons. The fourth-order valence-electron chi connectivity index (χ4n) is 1.43. The number of carbonyl (C=O) groups is 3. The van der Waals surface area contributed by atoms with Crippen LogP contribution in [0.4, 0.5) is 8.78 Å². The van der Waals surface area contributed by atoms with Crippen LogP contribution >= 0.6 is 0 Å². The van der Waals surface area contributed by atoms with Gasteiger partial charge in [0.2, 0.25) is 5.91 Å². The monoisotopic (exact) mass is 286 g/mol. The van der Waals surface area contributed by atoms with E-state index in [9.17, 15) is 23.2 Å². The average Bonchev–Trinajstić information content (AvgIpc) is 2.36. The van der Waals surface area contributed by atoms with E-state index in [1.54, 1.807) is 0 Å². The first-order valence-corrected chi connectivity index (χ1v) is 5.58. The Labute approximate surface area is 112 Å². The summed E-state index contributed by atoms with van der Waals surface area (Å²) in [5.41, 5.74) is 4.82. The maximum absolute atomic E-state index is 13.0. The summed E-state index contributed by atoms with van der Waals surface area (Å²) in [6.45, 7) is 0. The van der Waals surface area contributed by atoms with Crippen LogP contribution in [0.3, 0.4) is 0 Å². The number of rotatable bonds is 6. The highest BCUT2D eigenvalue weighted by Gasteiger charge is 2.20. The normalized spacial score (nSPS) is 11.7. The van der Waals surface area contributed by atoms with Crippen LogP contribution < -0.4 is 11.1 Å². The number of hydrogen-bond acceptors (Lipinski definition) is 3. The van der Waals surface area contributed by atoms with Gasteiger partial charge in [-0.25, -0.2) is 8.78 Å². The summed E-state index contributed by atoms with van der Waals surface area (Å²) in [6, 6.07) is 1.26. The SMILES string of the molecule is NC(=O)[C@@H](CCC(=O)O)NC(=O)c1ccc(F)c(F)c1. The zero-order chi connectivity index (χ0) is 15.3. The molecule has 0 fully saturated rings. The first-order chi connectivity index (χ1) is 9.31. The zero-order valence-electron chi connectivity index (χ0n) is 10.2. The van der Waals surface area contributed by atoms with Crippen molar-refractivity contribution in [3.8, 4) is 0 Å². The maximum atomic E-state index is 13.0. The van der Waals surface area contributed by atoms with Crippen molar-refractivity contribution in [3.05, 3.63) is 35.4 Å². The van der Waals surface area contributed by atoms with Gasteiger partial charge in [-0.2, -0.15) is 0 Å². The molecule has 4 N–H and O–H groups in total. The zero-order valence-corrected chi connectivity index (χ0v) is 10.2. The molecule has 1 aromatic rings. The third kappa shape index (κ3) is 4.30. The number of carboxylic acid groups (broad SMARTS) is 1. The number of primary amides is 1. The Kier molecular flexibility index (Phi) is 5.13. The van der Waals surface area contributed by atoms with Crippen molar-refractivity contribution in [3.63, 3.8) is 0 Å². The summed E-state index contributed by atoms with van der Waals surface area (Å²) in [7, 11) is 0. The van der Waals surface area contributed by atoms with Crippen molar-refractivity contribution in [2.24, 2.45) is 5.73 Å². The lowest BCUT2D eigenvalue weighted by atomic mass is 10.1. The molecular weight excluding hydrogens is 274 g/mol. The van der Waals surface area contributed by atoms with Crippen molar-refractivity contribution in [2.75, 3.05) is 0 Å². The van der Waals surface area contributed by atoms with E-state index in [0.29, 0.717) is 6.07 Å². The number of nitrogens with two attached hydrogens (primary N) is 1. The summed E-state index contributed by atoms with van der Waals surface area (Å²) in [6.07, 6.45) is -0.564. The Morgan fingerprint density at radius 1 is 1.25 bits per heavy atom. The van der Waals surface area contributed by atoms with E-state index < -0.39 is 35.5 Å². The molecule has 1 atom stereocenters. The summed E-state index contributed by atoms with van der Waals surface area (Å²) in [4.78, 5) is 33.2. The van der Waals surface area contributed by atoms with Crippen LogP contribution in [-0.2, 0) is 9.59 Å². The smallest absolute Gasteiger partial charge is 0.303 e. The van der Waals surface area contributed by atoms with E-state index >= 15 is 0 Å². The molecule has 0 saturated carbocycles. The second kappa shape index (κ2) is 6.60. The fourth-order valence-corrected chi connectivity index (χ4v) is 1.43. The standard InChI is InChI=1S/C12H12F2N2O4/c13-7-2-1-6(5-8(7)14)12(20)16-9(11(15)19)3-4-10(17)18/h1-2,5,9H,3-4H2,(H2,15,19)(H,16,20)(H,17,18)/t9-/m1/s1. The van der Waals surface area contributed by atoms with Gasteiger partial charge in [0.15, 0.2) is 11.6 Å². The van der Waals surface area contributed by atoms with Gasteiger partial charge in [-0.05, 0) is 24.6 Å². The Bertz CT molecular complexity index is 548. The first kappa shape index (κ1) is 15.5. The van der Waals surface area contributed by atoms with Crippen LogP contribution in [-0.4, -0.2) is 28.9 Å². The Morgan fingerprint density at radius 3 is 2.40 bits per heavy atom. The third-order valence-electron chi connectivity index (χ3n) is 2.48. The third-order valence-corrected chi connectivity index (χ3v) is 2.48. The molecular formula is C12H12F2N2O4. The molecule has 0 spiro atoms. The molecule has 0 heterocycles. The predicted molar refractivity (Wildman–Crippen MR) is 63.7 cm³/mol. The minimum absolute atomic E-state index is 0.194. The number of carbonyl (C=O) groups excluding carboxylic acids is 2. The van der Waals surface area contributed by atoms with Crippen molar-refractivity contribution in [1.82, 2.24) is 5.32 Å². The lowest BCUT2D eigenvalue weighted by molar-refractivity contribution is -0.137. The highest BCUT2D eigenvalue weighted by molar-refractivity contribution is 5.97. The van der Waals surface area contributed by atoms with Crippen LogP contribution in [0.25, 0.3) is 0 Å². The van der Waals surface area contributed by atoms with Crippen LogP contribution in [0, 0.1) is 11.6 Å². The summed E-state index contributed by atoms with van der Waals surface area (Å²) >= 11 is 0. The number of aliphatic carboxylic acids is 1.